The number of aryl methyl sites for hydroxylation is 1. The summed E-state index contributed by atoms with van der Waals surface area (Å²) in [4.78, 5) is 0. The molecule has 3 rings (SSSR count). The lowest BCUT2D eigenvalue weighted by Crippen LogP contribution is -2.26. The Morgan fingerprint density at radius 2 is 1.64 bits per heavy atom. The molecule has 150 valence electrons. The Bertz CT molecular complexity index is 731. The number of hydrogen-bond acceptors (Lipinski definition) is 4. The van der Waals surface area contributed by atoms with Crippen LogP contribution >= 0.6 is 12.2 Å². The van der Waals surface area contributed by atoms with Crippen LogP contribution < -0.4 is 4.74 Å². The Hall–Kier alpha value is -1.75. The van der Waals surface area contributed by atoms with Crippen molar-refractivity contribution in [3.05, 3.63) is 65.2 Å². The van der Waals surface area contributed by atoms with E-state index in [1.165, 1.54) is 24.8 Å². The molecule has 2 aromatic rings. The summed E-state index contributed by atoms with van der Waals surface area (Å²) >= 11 is 5.47. The molecule has 0 bridgehead atoms. The minimum Gasteiger partial charge on any atom is -0.445 e. The maximum Gasteiger partial charge on any atom is 0.198 e. The molecule has 1 saturated heterocycles. The van der Waals surface area contributed by atoms with E-state index in [0.29, 0.717) is 11.0 Å². The van der Waals surface area contributed by atoms with E-state index in [2.05, 4.69) is 26.0 Å². The standard InChI is InChI=1S/C24H30O3S/c1-3-5-6-7-19-8-14-22(15-9-19)27-24(28)21-12-10-20(11-13-21)23-25-16-18(4-2)17-26-23/h8-15,18,23H,3-7,16-17H2,1-2H3. The number of thiocarbonyl (C=S) groups is 1. The van der Waals surface area contributed by atoms with E-state index in [9.17, 15) is 0 Å². The van der Waals surface area contributed by atoms with Crippen LogP contribution in [0.3, 0.4) is 0 Å². The molecule has 0 saturated carbocycles. The summed E-state index contributed by atoms with van der Waals surface area (Å²) in [6.45, 7) is 5.88. The predicted octanol–water partition coefficient (Wildman–Crippen LogP) is 6.25. The summed E-state index contributed by atoms with van der Waals surface area (Å²) in [7, 11) is 0. The first-order valence-corrected chi connectivity index (χ1v) is 10.7. The van der Waals surface area contributed by atoms with Crippen molar-refractivity contribution >= 4 is 17.3 Å². The van der Waals surface area contributed by atoms with Crippen LogP contribution in [0.25, 0.3) is 0 Å². The van der Waals surface area contributed by atoms with Crippen LogP contribution in [0.1, 0.15) is 62.5 Å². The predicted molar refractivity (Wildman–Crippen MR) is 117 cm³/mol. The van der Waals surface area contributed by atoms with E-state index in [-0.39, 0.29) is 6.29 Å². The quantitative estimate of drug-likeness (QED) is 0.388. The van der Waals surface area contributed by atoms with Gasteiger partial charge in [-0.2, -0.15) is 0 Å². The third kappa shape index (κ3) is 5.87. The normalized spacial score (nSPS) is 19.4. The SMILES string of the molecule is CCCCCc1ccc(OC(=S)c2ccc(C3OCC(CC)CO3)cc2)cc1. The monoisotopic (exact) mass is 398 g/mol. The molecule has 0 spiro atoms. The number of unbranched alkanes of at least 4 members (excludes halogenated alkanes) is 2. The molecule has 0 aliphatic carbocycles. The first-order chi connectivity index (χ1) is 13.7. The van der Waals surface area contributed by atoms with Gasteiger partial charge < -0.3 is 14.2 Å². The Morgan fingerprint density at radius 3 is 2.25 bits per heavy atom. The highest BCUT2D eigenvalue weighted by Crippen LogP contribution is 2.26. The van der Waals surface area contributed by atoms with Gasteiger partial charge in [-0.1, -0.05) is 51.0 Å². The second-order valence-electron chi connectivity index (χ2n) is 7.39. The lowest BCUT2D eigenvalue weighted by molar-refractivity contribution is -0.205. The van der Waals surface area contributed by atoms with Crippen molar-refractivity contribution in [1.29, 1.82) is 0 Å². The van der Waals surface area contributed by atoms with Crippen molar-refractivity contribution in [3.8, 4) is 5.75 Å². The van der Waals surface area contributed by atoms with Crippen molar-refractivity contribution in [1.82, 2.24) is 0 Å². The van der Waals surface area contributed by atoms with Gasteiger partial charge in [0.15, 0.2) is 11.3 Å². The molecule has 1 aliphatic heterocycles. The van der Waals surface area contributed by atoms with Crippen LogP contribution in [0.5, 0.6) is 5.75 Å². The van der Waals surface area contributed by atoms with E-state index in [1.54, 1.807) is 0 Å². The van der Waals surface area contributed by atoms with Gasteiger partial charge >= 0.3 is 0 Å². The van der Waals surface area contributed by atoms with Crippen LogP contribution in [-0.4, -0.2) is 18.3 Å². The Labute approximate surface area is 174 Å². The van der Waals surface area contributed by atoms with Gasteiger partial charge in [-0.05, 0) is 61.3 Å². The van der Waals surface area contributed by atoms with Crippen LogP contribution in [0.2, 0.25) is 0 Å². The van der Waals surface area contributed by atoms with Gasteiger partial charge in [0.05, 0.1) is 13.2 Å². The average Bonchev–Trinajstić information content (AvgIpc) is 2.75. The first-order valence-electron chi connectivity index (χ1n) is 10.3. The molecule has 2 aromatic carbocycles. The van der Waals surface area contributed by atoms with Gasteiger partial charge in [0.25, 0.3) is 0 Å². The Morgan fingerprint density at radius 1 is 0.964 bits per heavy atom. The molecule has 0 N–H and O–H groups in total. The summed E-state index contributed by atoms with van der Waals surface area (Å²) < 4.78 is 17.5. The number of ether oxygens (including phenoxy) is 3. The average molecular weight is 399 g/mol. The molecule has 0 atom stereocenters. The molecule has 3 nitrogen and oxygen atoms in total. The van der Waals surface area contributed by atoms with Gasteiger partial charge in [0.2, 0.25) is 0 Å². The van der Waals surface area contributed by atoms with Gasteiger partial charge in [0.1, 0.15) is 5.75 Å². The minimum atomic E-state index is -0.286. The molecule has 1 aliphatic rings. The number of rotatable bonds is 8. The molecule has 4 heteroatoms. The molecular weight excluding hydrogens is 368 g/mol. The fourth-order valence-electron chi connectivity index (χ4n) is 3.22. The molecule has 28 heavy (non-hydrogen) atoms. The summed E-state index contributed by atoms with van der Waals surface area (Å²) in [6, 6.07) is 16.2. The van der Waals surface area contributed by atoms with Crippen LogP contribution in [0, 0.1) is 5.92 Å². The third-order valence-electron chi connectivity index (χ3n) is 5.17. The Kier molecular flexibility index (Phi) is 8.01. The highest BCUT2D eigenvalue weighted by Gasteiger charge is 2.22. The second-order valence-corrected chi connectivity index (χ2v) is 7.76. The molecule has 0 amide bonds. The fourth-order valence-corrected chi connectivity index (χ4v) is 3.45. The van der Waals surface area contributed by atoms with Crippen molar-refractivity contribution in [3.63, 3.8) is 0 Å². The van der Waals surface area contributed by atoms with Gasteiger partial charge in [-0.25, -0.2) is 0 Å². The molecule has 1 heterocycles. The summed E-state index contributed by atoms with van der Waals surface area (Å²) in [5.41, 5.74) is 3.24. The summed E-state index contributed by atoms with van der Waals surface area (Å²) in [6.07, 6.45) is 5.66. The minimum absolute atomic E-state index is 0.286. The number of hydrogen-bond donors (Lipinski definition) is 0. The molecule has 0 aromatic heterocycles. The topological polar surface area (TPSA) is 27.7 Å². The van der Waals surface area contributed by atoms with E-state index in [0.717, 1.165) is 42.9 Å². The van der Waals surface area contributed by atoms with Crippen LogP contribution in [0.15, 0.2) is 48.5 Å². The zero-order chi connectivity index (χ0) is 19.8. The summed E-state index contributed by atoms with van der Waals surface area (Å²) in [5.74, 6) is 1.27. The first kappa shape index (κ1) is 21.0. The maximum absolute atomic E-state index is 5.86. The summed E-state index contributed by atoms with van der Waals surface area (Å²) in [5, 5.41) is 0.474. The van der Waals surface area contributed by atoms with Crippen LogP contribution in [0.4, 0.5) is 0 Å². The molecule has 0 unspecified atom stereocenters. The van der Waals surface area contributed by atoms with Crippen molar-refractivity contribution in [2.45, 2.75) is 52.2 Å². The molecular formula is C24H30O3S. The van der Waals surface area contributed by atoms with Gasteiger partial charge in [-0.15, -0.1) is 0 Å². The van der Waals surface area contributed by atoms with Crippen molar-refractivity contribution < 1.29 is 14.2 Å². The van der Waals surface area contributed by atoms with Crippen LogP contribution in [-0.2, 0) is 15.9 Å². The molecule has 1 fully saturated rings. The lowest BCUT2D eigenvalue weighted by Gasteiger charge is -2.29. The van der Waals surface area contributed by atoms with Gasteiger partial charge in [0, 0.05) is 17.0 Å². The van der Waals surface area contributed by atoms with E-state index in [1.807, 2.05) is 36.4 Å². The smallest absolute Gasteiger partial charge is 0.198 e. The largest absolute Gasteiger partial charge is 0.445 e. The van der Waals surface area contributed by atoms with Gasteiger partial charge in [-0.3, -0.25) is 0 Å². The fraction of sp³-hybridized carbons (Fsp3) is 0.458. The van der Waals surface area contributed by atoms with Crippen molar-refractivity contribution in [2.75, 3.05) is 13.2 Å². The van der Waals surface area contributed by atoms with E-state index < -0.39 is 0 Å². The number of benzene rings is 2. The molecule has 0 radical (unpaired) electrons. The highest BCUT2D eigenvalue weighted by molar-refractivity contribution is 7.80. The van der Waals surface area contributed by atoms with Crippen molar-refractivity contribution in [2.24, 2.45) is 5.92 Å². The third-order valence-corrected chi connectivity index (χ3v) is 5.48. The zero-order valence-corrected chi connectivity index (χ0v) is 17.7. The van der Waals surface area contributed by atoms with E-state index >= 15 is 0 Å². The lowest BCUT2D eigenvalue weighted by atomic mass is 10.1. The highest BCUT2D eigenvalue weighted by atomic mass is 32.1. The maximum atomic E-state index is 5.86. The zero-order valence-electron chi connectivity index (χ0n) is 16.9. The second kappa shape index (κ2) is 10.7. The van der Waals surface area contributed by atoms with E-state index in [4.69, 9.17) is 26.4 Å². The Balaban J connectivity index is 1.53.